The third-order valence-electron chi connectivity index (χ3n) is 2.69. The second-order valence-electron chi connectivity index (χ2n) is 4.39. The maximum atomic E-state index is 13.2. The van der Waals surface area contributed by atoms with Crippen LogP contribution in [0.1, 0.15) is 5.56 Å². The highest BCUT2D eigenvalue weighted by Gasteiger charge is 2.85. The molecule has 13 heteroatoms. The summed E-state index contributed by atoms with van der Waals surface area (Å²) in [6, 6.07) is 6.00. The Bertz CT molecular complexity index is 673. The van der Waals surface area contributed by atoms with Crippen LogP contribution in [0, 0.1) is 0 Å². The van der Waals surface area contributed by atoms with E-state index in [1.807, 2.05) is 0 Å². The van der Waals surface area contributed by atoms with E-state index >= 15 is 0 Å². The maximum Gasteiger partial charge on any atom is 0.442 e. The highest BCUT2D eigenvalue weighted by molar-refractivity contribution is 7.87. The summed E-state index contributed by atoms with van der Waals surface area (Å²) >= 11 is 0. The molecule has 0 unspecified atom stereocenters. The normalized spacial score (nSPS) is 14.7. The van der Waals surface area contributed by atoms with Gasteiger partial charge in [-0.05, 0) is 5.56 Å². The largest absolute Gasteiger partial charge is 0.442 e. The molecular formula is C11H7F9O3S. The van der Waals surface area contributed by atoms with Crippen molar-refractivity contribution in [1.82, 2.24) is 0 Å². The summed E-state index contributed by atoms with van der Waals surface area (Å²) in [5.41, 5.74) is -0.207. The van der Waals surface area contributed by atoms with Crippen LogP contribution in [-0.2, 0) is 21.6 Å². The van der Waals surface area contributed by atoms with E-state index in [2.05, 4.69) is 4.74 Å². The van der Waals surface area contributed by atoms with Crippen molar-refractivity contribution in [2.24, 2.45) is 0 Å². The Balaban J connectivity index is 3.15. The van der Waals surface area contributed by atoms with Gasteiger partial charge in [0.1, 0.15) is 0 Å². The Morgan fingerprint density at radius 3 is 1.71 bits per heavy atom. The van der Waals surface area contributed by atoms with E-state index < -0.39 is 40.0 Å². The fourth-order valence-corrected chi connectivity index (χ4v) is 1.79. The van der Waals surface area contributed by atoms with Gasteiger partial charge in [-0.15, -0.1) is 0 Å². The molecule has 24 heavy (non-hydrogen) atoms. The Morgan fingerprint density at radius 1 is 0.833 bits per heavy atom. The minimum atomic E-state index is -7.62. The number of ether oxygens (including phenoxy) is 1. The van der Waals surface area contributed by atoms with Crippen molar-refractivity contribution in [3.63, 3.8) is 0 Å². The first-order valence-electron chi connectivity index (χ1n) is 5.71. The standard InChI is InChI=1S/C11H7F9O3S/c12-8(13,9(14,15)11(18,19)24(20,21)22)10(16,17)23-6-7-4-2-1-3-5-7/h1-5H,6H2. The predicted octanol–water partition coefficient (Wildman–Crippen LogP) is 3.96. The summed E-state index contributed by atoms with van der Waals surface area (Å²) in [6.45, 7) is -1.40. The third kappa shape index (κ3) is 3.31. The van der Waals surface area contributed by atoms with Crippen LogP contribution < -0.4 is 0 Å². The second-order valence-corrected chi connectivity index (χ2v) is 5.78. The Hall–Kier alpha value is -1.50. The molecule has 0 radical (unpaired) electrons. The molecule has 1 aromatic carbocycles. The van der Waals surface area contributed by atoms with Crippen LogP contribution in [0.15, 0.2) is 30.3 Å². The molecule has 0 fully saturated rings. The van der Waals surface area contributed by atoms with Gasteiger partial charge in [0, 0.05) is 0 Å². The molecule has 0 N–H and O–H groups in total. The molecule has 138 valence electrons. The van der Waals surface area contributed by atoms with Gasteiger partial charge >= 0.3 is 33.4 Å². The number of benzene rings is 1. The van der Waals surface area contributed by atoms with Gasteiger partial charge in [0.2, 0.25) is 0 Å². The van der Waals surface area contributed by atoms with Crippen molar-refractivity contribution >= 4 is 10.2 Å². The zero-order valence-electron chi connectivity index (χ0n) is 11.1. The molecule has 1 rings (SSSR count). The van der Waals surface area contributed by atoms with E-state index in [9.17, 15) is 47.4 Å². The van der Waals surface area contributed by atoms with Gasteiger partial charge in [-0.3, -0.25) is 0 Å². The molecule has 1 aromatic rings. The first kappa shape index (κ1) is 20.5. The van der Waals surface area contributed by atoms with Crippen molar-refractivity contribution in [1.29, 1.82) is 0 Å². The Morgan fingerprint density at radius 2 is 1.29 bits per heavy atom. The summed E-state index contributed by atoms with van der Waals surface area (Å²) in [5.74, 6) is -14.3. The molecule has 0 heterocycles. The lowest BCUT2D eigenvalue weighted by molar-refractivity contribution is -0.420. The average Bonchev–Trinajstić information content (AvgIpc) is 2.44. The van der Waals surface area contributed by atoms with Gasteiger partial charge in [0.25, 0.3) is 0 Å². The monoisotopic (exact) mass is 390 g/mol. The summed E-state index contributed by atoms with van der Waals surface area (Å²) in [4.78, 5) is 0. The van der Waals surface area contributed by atoms with Crippen LogP contribution in [-0.4, -0.2) is 31.6 Å². The molecule has 0 aliphatic carbocycles. The van der Waals surface area contributed by atoms with Crippen molar-refractivity contribution in [2.75, 3.05) is 0 Å². The Kier molecular flexibility index (Phi) is 5.22. The van der Waals surface area contributed by atoms with Gasteiger partial charge in [0.15, 0.2) is 0 Å². The maximum absolute atomic E-state index is 13.2. The van der Waals surface area contributed by atoms with Crippen molar-refractivity contribution in [2.45, 2.75) is 29.8 Å². The SMILES string of the molecule is O=S(=O)(F)C(F)(F)C(F)(F)C(F)(F)C(F)(F)OCc1ccccc1. The van der Waals surface area contributed by atoms with Crippen LogP contribution in [0.5, 0.6) is 0 Å². The van der Waals surface area contributed by atoms with E-state index in [1.165, 1.54) is 18.2 Å². The summed E-state index contributed by atoms with van der Waals surface area (Å²) in [5, 5.41) is -7.11. The van der Waals surface area contributed by atoms with Gasteiger partial charge < -0.3 is 4.74 Å². The molecule has 0 aromatic heterocycles. The minimum absolute atomic E-state index is 0.207. The van der Waals surface area contributed by atoms with Crippen LogP contribution in [0.2, 0.25) is 0 Å². The fraction of sp³-hybridized carbons (Fsp3) is 0.455. The zero-order chi connectivity index (χ0) is 19.0. The van der Waals surface area contributed by atoms with Crippen LogP contribution in [0.4, 0.5) is 39.0 Å². The van der Waals surface area contributed by atoms with E-state index in [0.717, 1.165) is 12.1 Å². The fourth-order valence-electron chi connectivity index (χ4n) is 1.36. The molecule has 0 saturated heterocycles. The molecule has 0 bridgehead atoms. The highest BCUT2D eigenvalue weighted by Crippen LogP contribution is 2.55. The highest BCUT2D eigenvalue weighted by atomic mass is 32.3. The third-order valence-corrected chi connectivity index (χ3v) is 3.56. The molecule has 0 aliphatic rings. The summed E-state index contributed by atoms with van der Waals surface area (Å²) < 4.78 is 139. The number of halogens is 9. The molecule has 0 aliphatic heterocycles. The van der Waals surface area contributed by atoms with E-state index in [0.29, 0.717) is 0 Å². The molecule has 0 amide bonds. The molecule has 0 saturated carbocycles. The molecule has 3 nitrogen and oxygen atoms in total. The number of alkyl halides is 8. The zero-order valence-corrected chi connectivity index (χ0v) is 11.9. The van der Waals surface area contributed by atoms with E-state index in [1.54, 1.807) is 0 Å². The predicted molar refractivity (Wildman–Crippen MR) is 61.0 cm³/mol. The first-order valence-corrected chi connectivity index (χ1v) is 7.09. The molecule has 0 atom stereocenters. The quantitative estimate of drug-likeness (QED) is 0.523. The Labute approximate surface area is 129 Å². The van der Waals surface area contributed by atoms with Gasteiger partial charge in [-0.25, -0.2) is 0 Å². The summed E-state index contributed by atoms with van der Waals surface area (Å²) in [6.07, 6.45) is -6.24. The lowest BCUT2D eigenvalue weighted by Crippen LogP contribution is -2.64. The van der Waals surface area contributed by atoms with Crippen molar-refractivity contribution in [3.8, 4) is 0 Å². The van der Waals surface area contributed by atoms with Crippen LogP contribution in [0.25, 0.3) is 0 Å². The average molecular weight is 390 g/mol. The summed E-state index contributed by atoms with van der Waals surface area (Å²) in [7, 11) is -7.62. The van der Waals surface area contributed by atoms with Gasteiger partial charge in [-0.1, -0.05) is 34.2 Å². The van der Waals surface area contributed by atoms with E-state index in [4.69, 9.17) is 0 Å². The topological polar surface area (TPSA) is 43.4 Å². The number of rotatable bonds is 7. The van der Waals surface area contributed by atoms with Crippen molar-refractivity contribution in [3.05, 3.63) is 35.9 Å². The first-order chi connectivity index (χ1) is 10.6. The minimum Gasteiger partial charge on any atom is -0.311 e. The molecule has 0 spiro atoms. The number of hydrogen-bond donors (Lipinski definition) is 0. The second kappa shape index (κ2) is 6.10. The lowest BCUT2D eigenvalue weighted by Gasteiger charge is -2.34. The van der Waals surface area contributed by atoms with Gasteiger partial charge in [-0.2, -0.15) is 43.5 Å². The van der Waals surface area contributed by atoms with Crippen LogP contribution in [0.3, 0.4) is 0 Å². The van der Waals surface area contributed by atoms with E-state index in [-0.39, 0.29) is 5.56 Å². The van der Waals surface area contributed by atoms with Crippen molar-refractivity contribution < 1.29 is 52.2 Å². The van der Waals surface area contributed by atoms with Gasteiger partial charge in [0.05, 0.1) is 6.61 Å². The molecular weight excluding hydrogens is 383 g/mol. The lowest BCUT2D eigenvalue weighted by atomic mass is 10.1. The van der Waals surface area contributed by atoms with Crippen LogP contribution >= 0.6 is 0 Å². The smallest absolute Gasteiger partial charge is 0.311 e. The number of hydrogen-bond acceptors (Lipinski definition) is 3.